The molecule has 6 heterocycles. The molecule has 0 saturated heterocycles. The zero-order chi connectivity index (χ0) is 66.2. The first-order valence-corrected chi connectivity index (χ1v) is 27.2. The minimum absolute atomic E-state index is 0. The number of aliphatic hydroxyl groups excluding tert-OH is 3. The van der Waals surface area contributed by atoms with Crippen LogP contribution in [0, 0.1) is 88.8 Å². The predicted molar refractivity (Wildman–Crippen MR) is 330 cm³/mol. The van der Waals surface area contributed by atoms with Gasteiger partial charge in [-0.2, -0.15) is 0 Å². The van der Waals surface area contributed by atoms with E-state index in [-0.39, 0.29) is 159 Å². The molecule has 511 valence electrons. The zero-order valence-electron chi connectivity index (χ0n) is 50.4. The number of benzene rings is 6. The first kappa shape index (κ1) is 87.0. The van der Waals surface area contributed by atoms with Gasteiger partial charge in [-0.15, -0.1) is 126 Å². The molecule has 5 radical (unpaired) electrons. The minimum atomic E-state index is -0.720. The third kappa shape index (κ3) is 30.9. The summed E-state index contributed by atoms with van der Waals surface area (Å²) >= 11 is 0. The topological polar surface area (TPSA) is 155 Å². The van der Waals surface area contributed by atoms with E-state index in [0.717, 1.165) is 64.5 Å². The number of carbonyl (C=O) groups excluding carboxylic acids is 1. The van der Waals surface area contributed by atoms with Gasteiger partial charge in [0.15, 0.2) is 5.78 Å². The van der Waals surface area contributed by atoms with E-state index in [0.29, 0.717) is 33.9 Å². The number of ketones is 1. The second kappa shape index (κ2) is 47.0. The summed E-state index contributed by atoms with van der Waals surface area (Å²) in [7, 11) is 0. The van der Waals surface area contributed by atoms with Gasteiger partial charge in [-0.05, 0) is 95.5 Å². The van der Waals surface area contributed by atoms with Crippen molar-refractivity contribution in [1.82, 2.24) is 29.9 Å². The summed E-state index contributed by atoms with van der Waals surface area (Å²) < 4.78 is 115. The van der Waals surface area contributed by atoms with E-state index in [1.165, 1.54) is 68.6 Å². The Balaban J connectivity index is 0.000000566. The van der Waals surface area contributed by atoms with Gasteiger partial charge in [0.05, 0.1) is 19.0 Å². The van der Waals surface area contributed by atoms with Gasteiger partial charge in [-0.1, -0.05) is 95.6 Å². The van der Waals surface area contributed by atoms with Gasteiger partial charge in [0.25, 0.3) is 0 Å². The molecule has 0 fully saturated rings. The fourth-order valence-corrected chi connectivity index (χ4v) is 7.41. The molecule has 0 aliphatic rings. The molecule has 97 heavy (non-hydrogen) atoms. The molecule has 6 aromatic carbocycles. The Morgan fingerprint density at radius 3 is 0.907 bits per heavy atom. The maximum atomic E-state index is 13.4. The summed E-state index contributed by atoms with van der Waals surface area (Å²) in [5.41, 5.74) is 7.71. The number of pyridine rings is 6. The van der Waals surface area contributed by atoms with Crippen molar-refractivity contribution in [2.45, 2.75) is 27.1 Å². The van der Waals surface area contributed by atoms with E-state index in [1.54, 1.807) is 104 Å². The van der Waals surface area contributed by atoms with Crippen LogP contribution in [-0.2, 0) is 119 Å². The van der Waals surface area contributed by atoms with Crippen LogP contribution >= 0.6 is 0 Å². The third-order valence-corrected chi connectivity index (χ3v) is 11.6. The normalized spacial score (nSPS) is 9.72. The summed E-state index contributed by atoms with van der Waals surface area (Å²) in [6, 6.07) is 62.6. The molecular weight excluding hydrogens is 2160 g/mol. The Labute approximate surface area is 622 Å². The van der Waals surface area contributed by atoms with Gasteiger partial charge in [0.1, 0.15) is 0 Å². The molecule has 0 amide bonds. The maximum absolute atomic E-state index is 13.4. The van der Waals surface area contributed by atoms with E-state index in [1.807, 2.05) is 36.4 Å². The van der Waals surface area contributed by atoms with Crippen molar-refractivity contribution >= 4 is 5.78 Å². The minimum Gasteiger partial charge on any atom is -0.512 e. The molecule has 24 heteroatoms. The molecule has 0 aliphatic heterocycles. The quantitative estimate of drug-likeness (QED) is 0.0550. The molecule has 0 spiro atoms. The van der Waals surface area contributed by atoms with Gasteiger partial charge >= 0.3 is 0 Å². The molecule has 6 aromatic heterocycles. The average Bonchev–Trinajstić information content (AvgIpc) is 0.929. The van der Waals surface area contributed by atoms with Crippen molar-refractivity contribution in [3.63, 3.8) is 0 Å². The van der Waals surface area contributed by atoms with Crippen LogP contribution in [0.15, 0.2) is 237 Å². The van der Waals surface area contributed by atoms with Gasteiger partial charge in [-0.3, -0.25) is 44.3 Å². The number of halogens is 9. The van der Waals surface area contributed by atoms with Crippen molar-refractivity contribution in [3.05, 3.63) is 337 Å². The van der Waals surface area contributed by atoms with Crippen LogP contribution < -0.4 is 0 Å². The Morgan fingerprint density at radius 1 is 0.351 bits per heavy atom. The predicted octanol–water partition coefficient (Wildman–Crippen LogP) is 16.6. The third-order valence-electron chi connectivity index (χ3n) is 11.6. The summed E-state index contributed by atoms with van der Waals surface area (Å²) in [5.74, 6) is -4.91. The maximum Gasteiger partial charge on any atom is 0.155 e. The largest absolute Gasteiger partial charge is 0.512 e. The number of aliphatic hydroxyl groups is 3. The van der Waals surface area contributed by atoms with Crippen molar-refractivity contribution in [2.24, 2.45) is 0 Å². The SMILES string of the molecule is CC(=O)C=C(C)O.Fc1c[c-]c(-c2ccccn2)c(F)c1.Fc1c[c-]c(-c2ccccn2)c(F)c1.Fc1c[c-]c(-c2ccccn2)cc1.Fc1c[c-]c(-c2ccccn2)cc1.OCc1ccnc(-c2[c-]cc(F)cc2)c1.OCc1ccnc(-c2[c-]cc(F)cc2F)c1.[Ir].[Ir].[Ir].[Ir].[Ir]. The second-order valence-corrected chi connectivity index (χ2v) is 18.6. The summed E-state index contributed by atoms with van der Waals surface area (Å²) in [4.78, 5) is 34.2. The van der Waals surface area contributed by atoms with Crippen molar-refractivity contribution in [2.75, 3.05) is 0 Å². The molecule has 12 rings (SSSR count). The standard InChI is InChI=1S/C12H8F2NO.C12H9FNO.2C11H6F2N.2C11H7FN.C5H8O2.5Ir/c13-9-1-2-10(11(14)6-9)12-5-8(7-16)3-4-15-12;13-11-3-1-10(2-4-11)12-7-9(8-15)5-6-14-12;2*12-8-4-5-9(10(13)7-8)11-3-1-2-6-14-11;2*12-10-6-4-9(5-7-10)11-3-1-2-8-13-11;1-4(6)3-5(2)7;;;;;/h1,3-6,16H,7H2;1,3-7,15H,8H2;2*1-4,6-7H;2*1-4,6-8H;3,6H,1-2H3;;;;;/q6*-1;;;;;;. The number of hydrogen-bond acceptors (Lipinski definition) is 10. The zero-order valence-corrected chi connectivity index (χ0v) is 62.3. The molecule has 12 aromatic rings. The monoisotopic (exact) mass is 2210 g/mol. The van der Waals surface area contributed by atoms with Crippen LogP contribution in [0.2, 0.25) is 0 Å². The number of allylic oxidation sites excluding steroid dienone is 2. The van der Waals surface area contributed by atoms with Crippen LogP contribution in [0.25, 0.3) is 67.5 Å². The molecule has 0 aliphatic carbocycles. The number of hydrogen-bond donors (Lipinski definition) is 3. The molecular formula is C73H51F9Ir5N6O4-6. The molecule has 0 unspecified atom stereocenters. The fraction of sp³-hybridized carbons (Fsp3) is 0.0548. The molecule has 0 bridgehead atoms. The number of aromatic nitrogens is 6. The molecule has 0 atom stereocenters. The Bertz CT molecular complexity index is 4080. The smallest absolute Gasteiger partial charge is 0.155 e. The van der Waals surface area contributed by atoms with Crippen LogP contribution in [-0.4, -0.2) is 51.0 Å². The van der Waals surface area contributed by atoms with Crippen LogP contribution in [0.3, 0.4) is 0 Å². The first-order chi connectivity index (χ1) is 44.4. The Hall–Kier alpha value is -8.03. The van der Waals surface area contributed by atoms with Crippen molar-refractivity contribution < 1.29 is 160 Å². The van der Waals surface area contributed by atoms with E-state index < -0.39 is 34.9 Å². The molecule has 0 saturated carbocycles. The van der Waals surface area contributed by atoms with E-state index in [2.05, 4.69) is 66.3 Å². The Morgan fingerprint density at radius 2 is 0.639 bits per heavy atom. The number of rotatable bonds is 9. The Kier molecular flexibility index (Phi) is 42.2. The van der Waals surface area contributed by atoms with Crippen LogP contribution in [0.4, 0.5) is 39.5 Å². The summed E-state index contributed by atoms with van der Waals surface area (Å²) in [5, 5.41) is 26.2. The van der Waals surface area contributed by atoms with Gasteiger partial charge in [0, 0.05) is 196 Å². The van der Waals surface area contributed by atoms with Gasteiger partial charge in [-0.25, -0.2) is 0 Å². The summed E-state index contributed by atoms with van der Waals surface area (Å²) in [6.07, 6.45) is 10.7. The molecule has 3 N–H and O–H groups in total. The average molecular weight is 2210 g/mol. The van der Waals surface area contributed by atoms with Crippen molar-refractivity contribution in [1.29, 1.82) is 0 Å². The van der Waals surface area contributed by atoms with Crippen LogP contribution in [0.5, 0.6) is 0 Å². The first-order valence-electron chi connectivity index (χ1n) is 27.2. The van der Waals surface area contributed by atoms with E-state index in [4.69, 9.17) is 15.3 Å². The van der Waals surface area contributed by atoms with Gasteiger partial charge < -0.3 is 45.2 Å². The fourth-order valence-electron chi connectivity index (χ4n) is 7.41. The second-order valence-electron chi connectivity index (χ2n) is 18.6. The number of nitrogens with zero attached hydrogens (tertiary/aromatic N) is 6. The van der Waals surface area contributed by atoms with Crippen LogP contribution in [0.1, 0.15) is 25.0 Å². The van der Waals surface area contributed by atoms with E-state index in [9.17, 15) is 44.3 Å². The van der Waals surface area contributed by atoms with Crippen molar-refractivity contribution in [3.8, 4) is 67.5 Å². The van der Waals surface area contributed by atoms with Gasteiger partial charge in [0.2, 0.25) is 0 Å². The number of carbonyl (C=O) groups is 1. The summed E-state index contributed by atoms with van der Waals surface area (Å²) in [6.45, 7) is 2.66. The van der Waals surface area contributed by atoms with E-state index >= 15 is 0 Å². The molecule has 10 nitrogen and oxygen atoms in total.